The number of aliphatic carboxylic acids is 1. The van der Waals surface area contributed by atoms with Gasteiger partial charge in [0.15, 0.2) is 0 Å². The van der Waals surface area contributed by atoms with E-state index in [0.717, 1.165) is 3.79 Å². The molecule has 0 bridgehead atoms. The normalized spacial score (nSPS) is 18.6. The molecule has 0 amide bonds. The van der Waals surface area contributed by atoms with E-state index in [4.69, 9.17) is 4.74 Å². The fourth-order valence-electron chi connectivity index (χ4n) is 2.24. The molecule has 21 heavy (non-hydrogen) atoms. The average molecular weight is 398 g/mol. The molecule has 0 spiro atoms. The highest BCUT2D eigenvalue weighted by molar-refractivity contribution is 9.11. The van der Waals surface area contributed by atoms with Crippen molar-refractivity contribution in [2.45, 2.75) is 24.7 Å². The first kappa shape index (κ1) is 16.9. The Balaban J connectivity index is 2.17. The Kier molecular flexibility index (Phi) is 5.09. The Bertz CT molecular complexity index is 634. The zero-order valence-electron chi connectivity index (χ0n) is 11.4. The van der Waals surface area contributed by atoms with Crippen LogP contribution in [0.3, 0.4) is 0 Å². The van der Waals surface area contributed by atoms with Crippen molar-refractivity contribution in [3.05, 3.63) is 14.7 Å². The first-order valence-electron chi connectivity index (χ1n) is 6.34. The monoisotopic (exact) mass is 397 g/mol. The number of carbonyl (C=O) groups is 1. The number of hydrogen-bond donors (Lipinski definition) is 2. The highest BCUT2D eigenvalue weighted by Crippen LogP contribution is 2.32. The molecule has 1 aromatic heterocycles. The van der Waals surface area contributed by atoms with Gasteiger partial charge in [-0.15, -0.1) is 11.3 Å². The molecule has 1 aliphatic heterocycles. The number of rotatable bonds is 5. The van der Waals surface area contributed by atoms with Gasteiger partial charge in [-0.05, 0) is 41.8 Å². The topological polar surface area (TPSA) is 92.7 Å². The average Bonchev–Trinajstić information content (AvgIpc) is 2.77. The fraction of sp³-hybridized carbons (Fsp3) is 0.583. The van der Waals surface area contributed by atoms with E-state index in [1.54, 1.807) is 6.92 Å². The van der Waals surface area contributed by atoms with Crippen LogP contribution in [0.4, 0.5) is 0 Å². The molecule has 0 aliphatic carbocycles. The van der Waals surface area contributed by atoms with Crippen LogP contribution >= 0.6 is 27.3 Å². The largest absolute Gasteiger partial charge is 0.481 e. The van der Waals surface area contributed by atoms with E-state index in [-0.39, 0.29) is 11.4 Å². The Hall–Kier alpha value is -0.480. The highest BCUT2D eigenvalue weighted by atomic mass is 79.9. The first-order chi connectivity index (χ1) is 9.77. The predicted octanol–water partition coefficient (Wildman–Crippen LogP) is 1.98. The van der Waals surface area contributed by atoms with Gasteiger partial charge in [-0.3, -0.25) is 4.79 Å². The van der Waals surface area contributed by atoms with Crippen molar-refractivity contribution in [2.75, 3.05) is 19.8 Å². The molecular weight excluding hydrogens is 382 g/mol. The Morgan fingerprint density at radius 3 is 2.62 bits per heavy atom. The molecule has 0 radical (unpaired) electrons. The maximum Gasteiger partial charge on any atom is 0.311 e. The van der Waals surface area contributed by atoms with Crippen LogP contribution in [-0.2, 0) is 19.6 Å². The second kappa shape index (κ2) is 6.33. The smallest absolute Gasteiger partial charge is 0.311 e. The Morgan fingerprint density at radius 2 is 2.14 bits per heavy atom. The Labute approximate surface area is 135 Å². The summed E-state index contributed by atoms with van der Waals surface area (Å²) in [5.41, 5.74) is -1.09. The molecule has 118 valence electrons. The molecule has 2 rings (SSSR count). The fourth-order valence-corrected chi connectivity index (χ4v) is 5.78. The number of aryl methyl sites for hydroxylation is 1. The molecule has 1 aliphatic rings. The molecule has 2 heterocycles. The lowest BCUT2D eigenvalue weighted by molar-refractivity contribution is -0.154. The lowest BCUT2D eigenvalue weighted by Crippen LogP contribution is -2.46. The standard InChI is InChI=1S/C12H16BrNO5S2/c1-8-9(6-10(13)20-8)21(17,18)14-7-12(11(15)16)2-4-19-5-3-12/h6,14H,2-5,7H2,1H3,(H,15,16). The van der Waals surface area contributed by atoms with Crippen molar-refractivity contribution < 1.29 is 23.1 Å². The van der Waals surface area contributed by atoms with Crippen LogP contribution in [-0.4, -0.2) is 39.3 Å². The van der Waals surface area contributed by atoms with Crippen LogP contribution in [0.2, 0.25) is 0 Å². The lowest BCUT2D eigenvalue weighted by Gasteiger charge is -2.33. The zero-order valence-corrected chi connectivity index (χ0v) is 14.6. The van der Waals surface area contributed by atoms with E-state index in [9.17, 15) is 18.3 Å². The summed E-state index contributed by atoms with van der Waals surface area (Å²) >= 11 is 4.58. The molecule has 1 fully saturated rings. The molecule has 1 saturated heterocycles. The summed E-state index contributed by atoms with van der Waals surface area (Å²) in [6.45, 7) is 2.25. The third-order valence-electron chi connectivity index (χ3n) is 3.64. The van der Waals surface area contributed by atoms with E-state index in [2.05, 4.69) is 20.7 Å². The summed E-state index contributed by atoms with van der Waals surface area (Å²) < 4.78 is 33.0. The highest BCUT2D eigenvalue weighted by Gasteiger charge is 2.41. The maximum absolute atomic E-state index is 12.3. The van der Waals surface area contributed by atoms with Gasteiger partial charge in [0.2, 0.25) is 10.0 Å². The van der Waals surface area contributed by atoms with Crippen molar-refractivity contribution in [1.82, 2.24) is 4.72 Å². The van der Waals surface area contributed by atoms with Crippen molar-refractivity contribution in [2.24, 2.45) is 5.41 Å². The van der Waals surface area contributed by atoms with Crippen molar-refractivity contribution >= 4 is 43.3 Å². The molecule has 9 heteroatoms. The molecule has 6 nitrogen and oxygen atoms in total. The third-order valence-corrected chi connectivity index (χ3v) is 6.85. The van der Waals surface area contributed by atoms with Crippen LogP contribution in [0.15, 0.2) is 14.7 Å². The third kappa shape index (κ3) is 3.65. The van der Waals surface area contributed by atoms with Gasteiger partial charge in [-0.25, -0.2) is 13.1 Å². The van der Waals surface area contributed by atoms with Crippen molar-refractivity contribution in [3.8, 4) is 0 Å². The minimum Gasteiger partial charge on any atom is -0.481 e. The maximum atomic E-state index is 12.3. The molecule has 0 saturated carbocycles. The predicted molar refractivity (Wildman–Crippen MR) is 82.1 cm³/mol. The minimum absolute atomic E-state index is 0.124. The summed E-state index contributed by atoms with van der Waals surface area (Å²) in [5, 5.41) is 9.42. The van der Waals surface area contributed by atoms with Crippen LogP contribution in [0.5, 0.6) is 0 Å². The van der Waals surface area contributed by atoms with E-state index >= 15 is 0 Å². The summed E-state index contributed by atoms with van der Waals surface area (Å²) in [6, 6.07) is 1.53. The summed E-state index contributed by atoms with van der Waals surface area (Å²) in [6.07, 6.45) is 0.605. The van der Waals surface area contributed by atoms with Gasteiger partial charge < -0.3 is 9.84 Å². The van der Waals surface area contributed by atoms with E-state index in [1.807, 2.05) is 0 Å². The Morgan fingerprint density at radius 1 is 1.52 bits per heavy atom. The van der Waals surface area contributed by atoms with Gasteiger partial charge in [-0.1, -0.05) is 0 Å². The quantitative estimate of drug-likeness (QED) is 0.791. The van der Waals surface area contributed by atoms with Crippen LogP contribution in [0.25, 0.3) is 0 Å². The number of nitrogens with one attached hydrogen (secondary N) is 1. The van der Waals surface area contributed by atoms with Crippen molar-refractivity contribution in [1.29, 1.82) is 0 Å². The number of carboxylic acid groups (broad SMARTS) is 1. The second-order valence-corrected chi connectivity index (χ2v) is 9.36. The van der Waals surface area contributed by atoms with Gasteiger partial charge >= 0.3 is 5.97 Å². The first-order valence-corrected chi connectivity index (χ1v) is 9.43. The van der Waals surface area contributed by atoms with Crippen LogP contribution < -0.4 is 4.72 Å². The number of halogens is 1. The minimum atomic E-state index is -3.71. The van der Waals surface area contributed by atoms with E-state index < -0.39 is 21.4 Å². The second-order valence-electron chi connectivity index (χ2n) is 4.99. The van der Waals surface area contributed by atoms with Crippen molar-refractivity contribution in [3.63, 3.8) is 0 Å². The SMILES string of the molecule is Cc1sc(Br)cc1S(=O)(=O)NCC1(C(=O)O)CCOCC1. The zero-order chi connectivity index (χ0) is 15.7. The lowest BCUT2D eigenvalue weighted by atomic mass is 9.80. The van der Waals surface area contributed by atoms with Crippen LogP contribution in [0.1, 0.15) is 17.7 Å². The van der Waals surface area contributed by atoms with Crippen LogP contribution in [0, 0.1) is 12.3 Å². The number of carboxylic acids is 1. The van der Waals surface area contributed by atoms with E-state index in [0.29, 0.717) is 30.9 Å². The molecule has 0 atom stereocenters. The van der Waals surface area contributed by atoms with Gasteiger partial charge in [0.1, 0.15) is 0 Å². The number of ether oxygens (including phenoxy) is 1. The molecule has 1 aromatic rings. The van der Waals surface area contributed by atoms with Gasteiger partial charge in [-0.2, -0.15) is 0 Å². The molecule has 0 unspecified atom stereocenters. The van der Waals surface area contributed by atoms with Gasteiger partial charge in [0, 0.05) is 24.6 Å². The summed E-state index contributed by atoms with van der Waals surface area (Å²) in [7, 11) is -3.71. The molecule has 2 N–H and O–H groups in total. The number of thiophene rings is 1. The molecular formula is C12H16BrNO5S2. The summed E-state index contributed by atoms with van der Waals surface area (Å²) in [5.74, 6) is -0.989. The van der Waals surface area contributed by atoms with E-state index in [1.165, 1.54) is 17.4 Å². The summed E-state index contributed by atoms with van der Waals surface area (Å²) in [4.78, 5) is 12.4. The van der Waals surface area contributed by atoms with Gasteiger partial charge in [0.25, 0.3) is 0 Å². The number of hydrogen-bond acceptors (Lipinski definition) is 5. The number of sulfonamides is 1. The molecule has 0 aromatic carbocycles. The van der Waals surface area contributed by atoms with Gasteiger partial charge in [0.05, 0.1) is 14.1 Å².